The van der Waals surface area contributed by atoms with Crippen molar-refractivity contribution in [2.75, 3.05) is 6.54 Å². The SMILES string of the molecule is C#C[C@@H](CCCC)C(C)(O)C(=O)NCC=C.CC.CC. The first-order valence-electron chi connectivity index (χ1n) is 7.58. The van der Waals surface area contributed by atoms with E-state index >= 15 is 0 Å². The van der Waals surface area contributed by atoms with Gasteiger partial charge in [0.15, 0.2) is 5.60 Å². The maximum absolute atomic E-state index is 11.7. The Bertz CT molecular complexity index is 277. The predicted octanol–water partition coefficient (Wildman–Crippen LogP) is 3.53. The monoisotopic (exact) mass is 283 g/mol. The molecule has 20 heavy (non-hydrogen) atoms. The number of hydrogen-bond acceptors (Lipinski definition) is 2. The Morgan fingerprint density at radius 2 is 1.95 bits per heavy atom. The highest BCUT2D eigenvalue weighted by molar-refractivity contribution is 5.85. The third-order valence-electron chi connectivity index (χ3n) is 2.59. The Morgan fingerprint density at radius 3 is 2.30 bits per heavy atom. The van der Waals surface area contributed by atoms with Crippen molar-refractivity contribution in [3.8, 4) is 12.3 Å². The van der Waals surface area contributed by atoms with Gasteiger partial charge in [0, 0.05) is 6.54 Å². The highest BCUT2D eigenvalue weighted by Crippen LogP contribution is 2.22. The normalized spacial score (nSPS) is 13.1. The fourth-order valence-electron chi connectivity index (χ4n) is 1.44. The Labute approximate surface area is 125 Å². The third-order valence-corrected chi connectivity index (χ3v) is 2.59. The molecule has 0 aromatic carbocycles. The molecule has 0 aliphatic carbocycles. The second kappa shape index (κ2) is 15.8. The maximum atomic E-state index is 11.7. The Hall–Kier alpha value is -1.27. The molecule has 0 aliphatic rings. The lowest BCUT2D eigenvalue weighted by atomic mass is 9.85. The molecule has 2 N–H and O–H groups in total. The van der Waals surface area contributed by atoms with E-state index in [9.17, 15) is 9.90 Å². The van der Waals surface area contributed by atoms with Gasteiger partial charge in [0.1, 0.15) is 0 Å². The molecule has 0 radical (unpaired) electrons. The molecular formula is C17H33NO2. The molecule has 0 fully saturated rings. The summed E-state index contributed by atoms with van der Waals surface area (Å²) in [6.45, 7) is 15.3. The van der Waals surface area contributed by atoms with Gasteiger partial charge in [0.2, 0.25) is 0 Å². The first-order valence-corrected chi connectivity index (χ1v) is 7.58. The van der Waals surface area contributed by atoms with Crippen molar-refractivity contribution in [1.29, 1.82) is 0 Å². The minimum absolute atomic E-state index is 0.333. The molecule has 3 nitrogen and oxygen atoms in total. The van der Waals surface area contributed by atoms with Gasteiger partial charge in [0.05, 0.1) is 5.92 Å². The Kier molecular flexibility index (Phi) is 18.8. The van der Waals surface area contributed by atoms with Gasteiger partial charge in [-0.15, -0.1) is 13.0 Å². The van der Waals surface area contributed by atoms with E-state index in [-0.39, 0.29) is 0 Å². The van der Waals surface area contributed by atoms with Gasteiger partial charge in [-0.1, -0.05) is 59.5 Å². The van der Waals surface area contributed by atoms with Crippen LogP contribution in [0.3, 0.4) is 0 Å². The number of carbonyl (C=O) groups excluding carboxylic acids is 1. The predicted molar refractivity (Wildman–Crippen MR) is 88.4 cm³/mol. The fourth-order valence-corrected chi connectivity index (χ4v) is 1.44. The van der Waals surface area contributed by atoms with Gasteiger partial charge in [-0.2, -0.15) is 0 Å². The summed E-state index contributed by atoms with van der Waals surface area (Å²) in [5.74, 6) is 1.61. The summed E-state index contributed by atoms with van der Waals surface area (Å²) < 4.78 is 0. The molecule has 0 aliphatic heterocycles. The summed E-state index contributed by atoms with van der Waals surface area (Å²) >= 11 is 0. The van der Waals surface area contributed by atoms with Crippen molar-refractivity contribution >= 4 is 5.91 Å². The first kappa shape index (κ1) is 23.8. The number of hydrogen-bond donors (Lipinski definition) is 2. The number of rotatable bonds is 7. The Balaban J connectivity index is -0.000000656. The van der Waals surface area contributed by atoms with Crippen LogP contribution in [0.4, 0.5) is 0 Å². The largest absolute Gasteiger partial charge is 0.379 e. The zero-order chi connectivity index (χ0) is 16.6. The van der Waals surface area contributed by atoms with Gasteiger partial charge >= 0.3 is 0 Å². The molecule has 0 saturated carbocycles. The summed E-state index contributed by atoms with van der Waals surface area (Å²) in [4.78, 5) is 11.7. The average molecular weight is 283 g/mol. The van der Waals surface area contributed by atoms with Crippen LogP contribution in [0.15, 0.2) is 12.7 Å². The molecule has 1 amide bonds. The van der Waals surface area contributed by atoms with Gasteiger partial charge < -0.3 is 10.4 Å². The van der Waals surface area contributed by atoms with Gasteiger partial charge in [-0.3, -0.25) is 4.79 Å². The van der Waals surface area contributed by atoms with Crippen LogP contribution in [0, 0.1) is 18.3 Å². The summed E-state index contributed by atoms with van der Waals surface area (Å²) in [6.07, 6.45) is 9.46. The van der Waals surface area contributed by atoms with Crippen LogP contribution in [-0.4, -0.2) is 23.2 Å². The van der Waals surface area contributed by atoms with Crippen LogP contribution in [0.1, 0.15) is 60.8 Å². The minimum atomic E-state index is -1.51. The molecule has 2 atom stereocenters. The molecule has 1 unspecified atom stereocenters. The van der Waals surface area contributed by atoms with E-state index in [4.69, 9.17) is 6.42 Å². The smallest absolute Gasteiger partial charge is 0.253 e. The topological polar surface area (TPSA) is 49.3 Å². The molecule has 3 heteroatoms. The number of nitrogens with one attached hydrogen (secondary N) is 1. The van der Waals surface area contributed by atoms with E-state index in [0.717, 1.165) is 12.8 Å². The average Bonchev–Trinajstić information content (AvgIpc) is 2.49. The van der Waals surface area contributed by atoms with Crippen molar-refractivity contribution in [2.45, 2.75) is 66.4 Å². The third kappa shape index (κ3) is 9.63. The highest BCUT2D eigenvalue weighted by Gasteiger charge is 2.37. The minimum Gasteiger partial charge on any atom is -0.379 e. The van der Waals surface area contributed by atoms with Crippen molar-refractivity contribution in [2.24, 2.45) is 5.92 Å². The molecule has 0 rings (SSSR count). The number of terminal acetylenes is 1. The Morgan fingerprint density at radius 1 is 1.45 bits per heavy atom. The van der Waals surface area contributed by atoms with Crippen LogP contribution >= 0.6 is 0 Å². The lowest BCUT2D eigenvalue weighted by Gasteiger charge is -2.28. The molecule has 118 valence electrons. The van der Waals surface area contributed by atoms with E-state index in [1.807, 2.05) is 34.6 Å². The maximum Gasteiger partial charge on any atom is 0.253 e. The summed E-state index contributed by atoms with van der Waals surface area (Å²) in [6, 6.07) is 0. The van der Waals surface area contributed by atoms with Crippen molar-refractivity contribution in [3.63, 3.8) is 0 Å². The lowest BCUT2D eigenvalue weighted by Crippen LogP contribution is -2.49. The summed E-state index contributed by atoms with van der Waals surface area (Å²) in [5.41, 5.74) is -1.51. The van der Waals surface area contributed by atoms with Crippen molar-refractivity contribution < 1.29 is 9.90 Å². The van der Waals surface area contributed by atoms with Crippen LogP contribution in [-0.2, 0) is 4.79 Å². The van der Waals surface area contributed by atoms with E-state index in [2.05, 4.69) is 17.8 Å². The van der Waals surface area contributed by atoms with Gasteiger partial charge in [-0.25, -0.2) is 0 Å². The standard InChI is InChI=1S/C13H21NO2.2C2H6/c1-5-8-9-11(7-3)13(4,16)12(15)14-10-6-2;2*1-2/h3,6,11,16H,2,5,8-10H2,1,4H3,(H,14,15);2*1-2H3/t11-,13?;;/m0../s1. The first-order chi connectivity index (χ1) is 9.50. The number of unbranched alkanes of at least 4 members (excludes halogenated alkanes) is 1. The second-order valence-electron chi connectivity index (χ2n) is 4.01. The van der Waals surface area contributed by atoms with Crippen molar-refractivity contribution in [3.05, 3.63) is 12.7 Å². The quantitative estimate of drug-likeness (QED) is 0.554. The van der Waals surface area contributed by atoms with Gasteiger partial charge in [-0.05, 0) is 13.3 Å². The highest BCUT2D eigenvalue weighted by atomic mass is 16.3. The molecule has 0 aromatic heterocycles. The number of carbonyl (C=O) groups is 1. The van der Waals surface area contributed by atoms with E-state index in [0.29, 0.717) is 13.0 Å². The van der Waals surface area contributed by atoms with Crippen LogP contribution in [0.25, 0.3) is 0 Å². The van der Waals surface area contributed by atoms with E-state index in [1.165, 1.54) is 6.92 Å². The van der Waals surface area contributed by atoms with Crippen LogP contribution in [0.5, 0.6) is 0 Å². The molecule has 0 bridgehead atoms. The molecule has 0 heterocycles. The molecule has 0 saturated heterocycles. The number of aliphatic hydroxyl groups is 1. The fraction of sp³-hybridized carbons (Fsp3) is 0.706. The van der Waals surface area contributed by atoms with Crippen molar-refractivity contribution in [1.82, 2.24) is 5.32 Å². The summed E-state index contributed by atoms with van der Waals surface area (Å²) in [7, 11) is 0. The zero-order valence-electron chi connectivity index (χ0n) is 14.1. The van der Waals surface area contributed by atoms with E-state index < -0.39 is 17.4 Å². The lowest BCUT2D eigenvalue weighted by molar-refractivity contribution is -0.141. The molecule has 0 aromatic rings. The molecular weight excluding hydrogens is 250 g/mol. The van der Waals surface area contributed by atoms with E-state index in [1.54, 1.807) is 6.08 Å². The zero-order valence-corrected chi connectivity index (χ0v) is 14.1. The molecule has 0 spiro atoms. The number of amides is 1. The van der Waals surface area contributed by atoms with Crippen LogP contribution in [0.2, 0.25) is 0 Å². The second-order valence-corrected chi connectivity index (χ2v) is 4.01. The summed E-state index contributed by atoms with van der Waals surface area (Å²) in [5, 5.41) is 12.7. The van der Waals surface area contributed by atoms with Crippen LogP contribution < -0.4 is 5.32 Å². The van der Waals surface area contributed by atoms with Gasteiger partial charge in [0.25, 0.3) is 5.91 Å².